The van der Waals surface area contributed by atoms with Crippen molar-refractivity contribution in [2.24, 2.45) is 0 Å². The lowest BCUT2D eigenvalue weighted by Crippen LogP contribution is -2.05. The maximum Gasteiger partial charge on any atom is 0.185 e. The molecule has 6 nitrogen and oxygen atoms in total. The third-order valence-corrected chi connectivity index (χ3v) is 2.29. The van der Waals surface area contributed by atoms with E-state index in [-0.39, 0.29) is 6.54 Å². The van der Waals surface area contributed by atoms with Gasteiger partial charge in [0.15, 0.2) is 5.82 Å². The summed E-state index contributed by atoms with van der Waals surface area (Å²) < 4.78 is 18.9. The first-order chi connectivity index (χ1) is 8.26. The number of aromatic nitrogens is 4. The van der Waals surface area contributed by atoms with Gasteiger partial charge in [-0.05, 0) is 22.6 Å². The van der Waals surface area contributed by atoms with Crippen LogP contribution >= 0.6 is 0 Å². The molecule has 17 heavy (non-hydrogen) atoms. The van der Waals surface area contributed by atoms with Crippen LogP contribution in [0, 0.1) is 0 Å². The molecule has 0 aliphatic rings. The van der Waals surface area contributed by atoms with Crippen molar-refractivity contribution in [1.29, 1.82) is 0 Å². The molecule has 0 fully saturated rings. The van der Waals surface area contributed by atoms with E-state index < -0.39 is 6.67 Å². The van der Waals surface area contributed by atoms with E-state index in [1.54, 1.807) is 18.2 Å². The maximum absolute atomic E-state index is 12.3. The van der Waals surface area contributed by atoms with Crippen LogP contribution in [0.4, 0.5) is 10.1 Å². The molecule has 90 valence electrons. The molecule has 1 aromatic heterocycles. The summed E-state index contributed by atoms with van der Waals surface area (Å²) in [4.78, 5) is 0. The highest BCUT2D eigenvalue weighted by atomic mass is 19.1. The first-order valence-electron chi connectivity index (χ1n) is 5.02. The summed E-state index contributed by atoms with van der Waals surface area (Å²) in [5, 5.41) is 11.1. The molecule has 0 bridgehead atoms. The minimum absolute atomic E-state index is 0.107. The smallest absolute Gasteiger partial charge is 0.185 e. The normalized spacial score (nSPS) is 10.5. The Kier molecular flexibility index (Phi) is 3.17. The molecule has 0 radical (unpaired) electrons. The SMILES string of the molecule is COc1cc(N)ccc1-c1nnnn1CCF. The summed E-state index contributed by atoms with van der Waals surface area (Å²) in [5.74, 6) is 1.01. The van der Waals surface area contributed by atoms with Crippen LogP contribution in [0.5, 0.6) is 5.75 Å². The van der Waals surface area contributed by atoms with Crippen LogP contribution in [0.3, 0.4) is 0 Å². The van der Waals surface area contributed by atoms with Crippen LogP contribution in [-0.2, 0) is 6.54 Å². The molecule has 0 aliphatic heterocycles. The summed E-state index contributed by atoms with van der Waals surface area (Å²) >= 11 is 0. The summed E-state index contributed by atoms with van der Waals surface area (Å²) in [6, 6.07) is 5.13. The summed E-state index contributed by atoms with van der Waals surface area (Å²) in [5.41, 5.74) is 6.91. The number of tetrazole rings is 1. The lowest BCUT2D eigenvalue weighted by atomic mass is 10.1. The number of nitrogen functional groups attached to an aromatic ring is 1. The largest absolute Gasteiger partial charge is 0.496 e. The van der Waals surface area contributed by atoms with E-state index in [4.69, 9.17) is 10.5 Å². The molecule has 0 saturated heterocycles. The van der Waals surface area contributed by atoms with Crippen LogP contribution in [0.2, 0.25) is 0 Å². The first kappa shape index (κ1) is 11.3. The van der Waals surface area contributed by atoms with Crippen molar-refractivity contribution < 1.29 is 9.13 Å². The average molecular weight is 237 g/mol. The molecular formula is C10H12FN5O. The third-order valence-electron chi connectivity index (χ3n) is 2.29. The van der Waals surface area contributed by atoms with Gasteiger partial charge in [0.25, 0.3) is 0 Å². The van der Waals surface area contributed by atoms with Gasteiger partial charge < -0.3 is 10.5 Å². The third kappa shape index (κ3) is 2.17. The van der Waals surface area contributed by atoms with Crippen molar-refractivity contribution in [1.82, 2.24) is 20.2 Å². The van der Waals surface area contributed by atoms with Crippen LogP contribution in [0.15, 0.2) is 18.2 Å². The van der Waals surface area contributed by atoms with Gasteiger partial charge in [-0.1, -0.05) is 0 Å². The molecule has 0 aliphatic carbocycles. The molecule has 0 saturated carbocycles. The Morgan fingerprint density at radius 1 is 1.47 bits per heavy atom. The molecule has 0 spiro atoms. The van der Waals surface area contributed by atoms with E-state index in [9.17, 15) is 4.39 Å². The van der Waals surface area contributed by atoms with Gasteiger partial charge in [-0.3, -0.25) is 0 Å². The monoisotopic (exact) mass is 237 g/mol. The van der Waals surface area contributed by atoms with Gasteiger partial charge in [0.1, 0.15) is 12.4 Å². The van der Waals surface area contributed by atoms with Gasteiger partial charge in [-0.25, -0.2) is 9.07 Å². The molecule has 0 atom stereocenters. The standard InChI is InChI=1S/C10H12FN5O/c1-17-9-6-7(12)2-3-8(9)10-13-14-15-16(10)5-4-11/h2-3,6H,4-5,12H2,1H3. The Balaban J connectivity index is 2.48. The lowest BCUT2D eigenvalue weighted by Gasteiger charge is -2.08. The number of halogens is 1. The summed E-state index contributed by atoms with van der Waals surface area (Å²) in [6.07, 6.45) is 0. The van der Waals surface area contributed by atoms with Gasteiger partial charge in [0.05, 0.1) is 19.2 Å². The quantitative estimate of drug-likeness (QED) is 0.799. The second-order valence-electron chi connectivity index (χ2n) is 3.37. The fraction of sp³-hybridized carbons (Fsp3) is 0.300. The van der Waals surface area contributed by atoms with Gasteiger partial charge in [-0.15, -0.1) is 5.10 Å². The first-order valence-corrected chi connectivity index (χ1v) is 5.02. The van der Waals surface area contributed by atoms with E-state index in [1.165, 1.54) is 11.8 Å². The minimum atomic E-state index is -0.532. The molecule has 0 unspecified atom stereocenters. The summed E-state index contributed by atoms with van der Waals surface area (Å²) in [7, 11) is 1.53. The zero-order chi connectivity index (χ0) is 12.3. The molecule has 1 heterocycles. The number of aryl methyl sites for hydroxylation is 1. The van der Waals surface area contributed by atoms with E-state index in [2.05, 4.69) is 15.5 Å². The van der Waals surface area contributed by atoms with Crippen molar-refractivity contribution in [3.8, 4) is 17.1 Å². The second kappa shape index (κ2) is 4.77. The van der Waals surface area contributed by atoms with E-state index >= 15 is 0 Å². The van der Waals surface area contributed by atoms with Crippen molar-refractivity contribution >= 4 is 5.69 Å². The van der Waals surface area contributed by atoms with Gasteiger partial charge in [0, 0.05) is 11.8 Å². The zero-order valence-corrected chi connectivity index (χ0v) is 9.30. The number of alkyl halides is 1. The van der Waals surface area contributed by atoms with Gasteiger partial charge in [0.2, 0.25) is 0 Å². The van der Waals surface area contributed by atoms with Crippen LogP contribution < -0.4 is 10.5 Å². The number of nitrogens with zero attached hydrogens (tertiary/aromatic N) is 4. The average Bonchev–Trinajstić information content (AvgIpc) is 2.77. The molecule has 2 aromatic rings. The van der Waals surface area contributed by atoms with Crippen molar-refractivity contribution in [2.45, 2.75) is 6.54 Å². The van der Waals surface area contributed by atoms with Crippen LogP contribution in [0.25, 0.3) is 11.4 Å². The molecule has 2 N–H and O–H groups in total. The van der Waals surface area contributed by atoms with E-state index in [0.717, 1.165) is 0 Å². The Morgan fingerprint density at radius 3 is 3.00 bits per heavy atom. The van der Waals surface area contributed by atoms with Crippen molar-refractivity contribution in [3.05, 3.63) is 18.2 Å². The highest BCUT2D eigenvalue weighted by Gasteiger charge is 2.13. The predicted molar refractivity (Wildman–Crippen MR) is 60.2 cm³/mol. The topological polar surface area (TPSA) is 78.8 Å². The number of rotatable bonds is 4. The van der Waals surface area contributed by atoms with E-state index in [1.807, 2.05) is 0 Å². The lowest BCUT2D eigenvalue weighted by molar-refractivity contribution is 0.412. The van der Waals surface area contributed by atoms with E-state index in [0.29, 0.717) is 22.8 Å². The Labute approximate surface area is 97.2 Å². The molecular weight excluding hydrogens is 225 g/mol. The Hall–Kier alpha value is -2.18. The molecule has 1 aromatic carbocycles. The molecule has 2 rings (SSSR count). The number of methoxy groups -OCH3 is 1. The number of anilines is 1. The molecule has 7 heteroatoms. The fourth-order valence-corrected chi connectivity index (χ4v) is 1.52. The number of hydrogen-bond acceptors (Lipinski definition) is 5. The number of benzene rings is 1. The van der Waals surface area contributed by atoms with Gasteiger partial charge >= 0.3 is 0 Å². The highest BCUT2D eigenvalue weighted by molar-refractivity contribution is 5.67. The van der Waals surface area contributed by atoms with Gasteiger partial charge in [-0.2, -0.15) is 0 Å². The predicted octanol–water partition coefficient (Wildman–Crippen LogP) is 0.900. The molecule has 0 amide bonds. The minimum Gasteiger partial charge on any atom is -0.496 e. The number of ether oxygens (including phenoxy) is 1. The second-order valence-corrected chi connectivity index (χ2v) is 3.37. The number of hydrogen-bond donors (Lipinski definition) is 1. The summed E-state index contributed by atoms with van der Waals surface area (Å²) in [6.45, 7) is -0.425. The number of nitrogens with two attached hydrogens (primary N) is 1. The van der Waals surface area contributed by atoms with Crippen LogP contribution in [0.1, 0.15) is 0 Å². The van der Waals surface area contributed by atoms with Crippen LogP contribution in [-0.4, -0.2) is 34.0 Å². The van der Waals surface area contributed by atoms with Crippen molar-refractivity contribution in [3.63, 3.8) is 0 Å². The Morgan fingerprint density at radius 2 is 2.29 bits per heavy atom. The maximum atomic E-state index is 12.3. The highest BCUT2D eigenvalue weighted by Crippen LogP contribution is 2.29. The van der Waals surface area contributed by atoms with Crippen molar-refractivity contribution in [2.75, 3.05) is 19.5 Å². The fourth-order valence-electron chi connectivity index (χ4n) is 1.52. The Bertz CT molecular complexity index is 513. The zero-order valence-electron chi connectivity index (χ0n) is 9.30.